The molecule has 0 radical (unpaired) electrons. The number of benzene rings is 1. The summed E-state index contributed by atoms with van der Waals surface area (Å²) in [4.78, 5) is 11.6. The fourth-order valence-corrected chi connectivity index (χ4v) is 2.36. The van der Waals surface area contributed by atoms with Crippen molar-refractivity contribution >= 4 is 5.97 Å². The fraction of sp³-hybridized carbons (Fsp3) is 0.417. The van der Waals surface area contributed by atoms with E-state index in [1.165, 1.54) is 0 Å². The van der Waals surface area contributed by atoms with Crippen LogP contribution < -0.4 is 0 Å². The summed E-state index contributed by atoms with van der Waals surface area (Å²) in [5.41, 5.74) is 1.53. The van der Waals surface area contributed by atoms with Gasteiger partial charge in [-0.15, -0.1) is 0 Å². The SMILES string of the molecule is CC1CCC2(OC(=O)c3ccccc32)O1. The minimum absolute atomic E-state index is 0.156. The van der Waals surface area contributed by atoms with Crippen molar-refractivity contribution in [1.29, 1.82) is 0 Å². The summed E-state index contributed by atoms with van der Waals surface area (Å²) in [6, 6.07) is 7.46. The molecule has 3 nitrogen and oxygen atoms in total. The largest absolute Gasteiger partial charge is 0.425 e. The Morgan fingerprint density at radius 3 is 2.93 bits per heavy atom. The van der Waals surface area contributed by atoms with Gasteiger partial charge in [-0.2, -0.15) is 0 Å². The smallest absolute Gasteiger partial charge is 0.341 e. The van der Waals surface area contributed by atoms with Crippen molar-refractivity contribution in [3.05, 3.63) is 35.4 Å². The van der Waals surface area contributed by atoms with Crippen LogP contribution in [0.15, 0.2) is 24.3 Å². The number of fused-ring (bicyclic) bond motifs is 2. The van der Waals surface area contributed by atoms with Crippen LogP contribution in [0.2, 0.25) is 0 Å². The monoisotopic (exact) mass is 204 g/mol. The van der Waals surface area contributed by atoms with Gasteiger partial charge in [0.1, 0.15) is 0 Å². The van der Waals surface area contributed by atoms with Crippen LogP contribution in [0.25, 0.3) is 0 Å². The van der Waals surface area contributed by atoms with Crippen molar-refractivity contribution in [1.82, 2.24) is 0 Å². The number of hydrogen-bond acceptors (Lipinski definition) is 3. The van der Waals surface area contributed by atoms with Gasteiger partial charge in [0.15, 0.2) is 0 Å². The molecular formula is C12H12O3. The topological polar surface area (TPSA) is 35.5 Å². The van der Waals surface area contributed by atoms with Gasteiger partial charge in [0.2, 0.25) is 5.79 Å². The molecule has 0 N–H and O–H groups in total. The normalized spacial score (nSPS) is 33.1. The maximum atomic E-state index is 11.6. The molecule has 3 rings (SSSR count). The van der Waals surface area contributed by atoms with Gasteiger partial charge in [0, 0.05) is 12.0 Å². The highest BCUT2D eigenvalue weighted by Crippen LogP contribution is 2.46. The summed E-state index contributed by atoms with van der Waals surface area (Å²) in [6.45, 7) is 2.00. The number of hydrogen-bond donors (Lipinski definition) is 0. The molecule has 1 aromatic carbocycles. The van der Waals surface area contributed by atoms with Crippen molar-refractivity contribution in [2.75, 3.05) is 0 Å². The maximum absolute atomic E-state index is 11.6. The Balaban J connectivity index is 2.12. The van der Waals surface area contributed by atoms with Crippen molar-refractivity contribution in [2.45, 2.75) is 31.7 Å². The van der Waals surface area contributed by atoms with E-state index in [-0.39, 0.29) is 12.1 Å². The van der Waals surface area contributed by atoms with Crippen LogP contribution in [0.3, 0.4) is 0 Å². The van der Waals surface area contributed by atoms with Gasteiger partial charge in [-0.1, -0.05) is 18.2 Å². The number of esters is 1. The zero-order valence-corrected chi connectivity index (χ0v) is 8.53. The second kappa shape index (κ2) is 2.83. The molecule has 2 unspecified atom stereocenters. The molecular weight excluding hydrogens is 192 g/mol. The summed E-state index contributed by atoms with van der Waals surface area (Å²) in [6.07, 6.45) is 1.85. The fourth-order valence-electron chi connectivity index (χ4n) is 2.36. The van der Waals surface area contributed by atoms with Crippen molar-refractivity contribution in [3.63, 3.8) is 0 Å². The van der Waals surface area contributed by atoms with Crippen LogP contribution in [-0.4, -0.2) is 12.1 Å². The first-order valence-electron chi connectivity index (χ1n) is 5.22. The highest BCUT2D eigenvalue weighted by molar-refractivity contribution is 5.94. The Morgan fingerprint density at radius 2 is 2.20 bits per heavy atom. The Labute approximate surface area is 88.0 Å². The second-order valence-corrected chi connectivity index (χ2v) is 4.16. The van der Waals surface area contributed by atoms with Crippen LogP contribution in [0, 0.1) is 0 Å². The van der Waals surface area contributed by atoms with Gasteiger partial charge >= 0.3 is 5.97 Å². The van der Waals surface area contributed by atoms with Crippen LogP contribution in [0.1, 0.15) is 35.7 Å². The molecule has 2 aliphatic heterocycles. The van der Waals surface area contributed by atoms with E-state index in [1.807, 2.05) is 25.1 Å². The molecule has 2 heterocycles. The van der Waals surface area contributed by atoms with Crippen molar-refractivity contribution in [2.24, 2.45) is 0 Å². The predicted molar refractivity (Wildman–Crippen MR) is 53.3 cm³/mol. The average Bonchev–Trinajstić information content (AvgIpc) is 2.72. The van der Waals surface area contributed by atoms with E-state index in [0.717, 1.165) is 18.4 Å². The molecule has 0 aromatic heterocycles. The first kappa shape index (κ1) is 8.92. The molecule has 2 aliphatic rings. The first-order valence-corrected chi connectivity index (χ1v) is 5.22. The molecule has 2 atom stereocenters. The lowest BCUT2D eigenvalue weighted by molar-refractivity contribution is -0.189. The van der Waals surface area contributed by atoms with E-state index in [1.54, 1.807) is 6.07 Å². The first-order chi connectivity index (χ1) is 7.21. The number of ether oxygens (including phenoxy) is 2. The lowest BCUT2D eigenvalue weighted by atomic mass is 10.00. The molecule has 1 fully saturated rings. The third-order valence-corrected chi connectivity index (χ3v) is 3.09. The number of carbonyl (C=O) groups is 1. The zero-order chi connectivity index (χ0) is 10.5. The Kier molecular flexibility index (Phi) is 1.68. The summed E-state index contributed by atoms with van der Waals surface area (Å²) < 4.78 is 11.2. The highest BCUT2D eigenvalue weighted by atomic mass is 16.7. The van der Waals surface area contributed by atoms with Crippen molar-refractivity contribution in [3.8, 4) is 0 Å². The average molecular weight is 204 g/mol. The molecule has 1 saturated heterocycles. The molecule has 0 amide bonds. The Bertz CT molecular complexity index is 427. The van der Waals surface area contributed by atoms with E-state index in [9.17, 15) is 4.79 Å². The molecule has 1 spiro atoms. The third-order valence-electron chi connectivity index (χ3n) is 3.09. The Morgan fingerprint density at radius 1 is 1.40 bits per heavy atom. The van der Waals surface area contributed by atoms with E-state index in [0.29, 0.717) is 5.56 Å². The standard InChI is InChI=1S/C12H12O3/c1-8-6-7-12(14-8)10-5-3-2-4-9(10)11(13)15-12/h2-5,8H,6-7H2,1H3. The van der Waals surface area contributed by atoms with Gasteiger partial charge in [-0.05, 0) is 19.4 Å². The maximum Gasteiger partial charge on any atom is 0.341 e. The molecule has 15 heavy (non-hydrogen) atoms. The number of carbonyl (C=O) groups excluding carboxylic acids is 1. The molecule has 3 heteroatoms. The van der Waals surface area contributed by atoms with Crippen LogP contribution in [0.4, 0.5) is 0 Å². The van der Waals surface area contributed by atoms with Gasteiger partial charge in [-0.25, -0.2) is 4.79 Å². The molecule has 1 aromatic rings. The lowest BCUT2D eigenvalue weighted by Gasteiger charge is -2.22. The summed E-state index contributed by atoms with van der Waals surface area (Å²) in [5, 5.41) is 0. The lowest BCUT2D eigenvalue weighted by Crippen LogP contribution is -2.25. The van der Waals surface area contributed by atoms with Crippen LogP contribution in [-0.2, 0) is 15.3 Å². The van der Waals surface area contributed by atoms with Gasteiger partial charge in [-0.3, -0.25) is 0 Å². The van der Waals surface area contributed by atoms with Gasteiger partial charge in [0.05, 0.1) is 11.7 Å². The zero-order valence-electron chi connectivity index (χ0n) is 8.53. The molecule has 78 valence electrons. The van der Waals surface area contributed by atoms with Crippen molar-refractivity contribution < 1.29 is 14.3 Å². The summed E-state index contributed by atoms with van der Waals surface area (Å²) in [5.74, 6) is -1.05. The van der Waals surface area contributed by atoms with E-state index in [2.05, 4.69) is 0 Å². The van der Waals surface area contributed by atoms with Gasteiger partial charge in [0.25, 0.3) is 0 Å². The van der Waals surface area contributed by atoms with E-state index < -0.39 is 5.79 Å². The second-order valence-electron chi connectivity index (χ2n) is 4.16. The van der Waals surface area contributed by atoms with Crippen LogP contribution >= 0.6 is 0 Å². The molecule has 0 bridgehead atoms. The molecule has 0 saturated carbocycles. The summed E-state index contributed by atoms with van der Waals surface area (Å²) >= 11 is 0. The highest BCUT2D eigenvalue weighted by Gasteiger charge is 2.50. The summed E-state index contributed by atoms with van der Waals surface area (Å²) in [7, 11) is 0. The quantitative estimate of drug-likeness (QED) is 0.608. The predicted octanol–water partition coefficient (Wildman–Crippen LogP) is 2.21. The van der Waals surface area contributed by atoms with Crippen LogP contribution in [0.5, 0.6) is 0 Å². The molecule has 0 aliphatic carbocycles. The van der Waals surface area contributed by atoms with E-state index >= 15 is 0 Å². The minimum Gasteiger partial charge on any atom is -0.425 e. The number of rotatable bonds is 0. The minimum atomic E-state index is -0.785. The van der Waals surface area contributed by atoms with E-state index in [4.69, 9.17) is 9.47 Å². The van der Waals surface area contributed by atoms with Gasteiger partial charge < -0.3 is 9.47 Å². The third kappa shape index (κ3) is 1.13. The Hall–Kier alpha value is -1.35.